The molecule has 0 aliphatic rings. The second-order valence-corrected chi connectivity index (χ2v) is 12.1. The van der Waals surface area contributed by atoms with Crippen LogP contribution < -0.4 is 9.62 Å². The van der Waals surface area contributed by atoms with E-state index in [1.54, 1.807) is 55.5 Å². The van der Waals surface area contributed by atoms with Gasteiger partial charge in [-0.2, -0.15) is 0 Å². The summed E-state index contributed by atoms with van der Waals surface area (Å²) in [5, 5.41) is 3.55. The van der Waals surface area contributed by atoms with Crippen molar-refractivity contribution in [3.05, 3.63) is 94.0 Å². The lowest BCUT2D eigenvalue weighted by Gasteiger charge is -2.32. The quantitative estimate of drug-likeness (QED) is 0.240. The lowest BCUT2D eigenvalue weighted by Crippen LogP contribution is -2.51. The van der Waals surface area contributed by atoms with Gasteiger partial charge >= 0.3 is 0 Å². The molecule has 3 rings (SSSR count). The number of nitrogens with one attached hydrogen (secondary N) is 1. The van der Waals surface area contributed by atoms with Gasteiger partial charge in [0.1, 0.15) is 12.6 Å². The third-order valence-electron chi connectivity index (χ3n) is 6.58. The van der Waals surface area contributed by atoms with Crippen molar-refractivity contribution in [3.8, 4) is 0 Å². The number of nitrogens with zero attached hydrogens (tertiary/aromatic N) is 2. The minimum Gasteiger partial charge on any atom is -0.354 e. The zero-order valence-electron chi connectivity index (χ0n) is 22.9. The van der Waals surface area contributed by atoms with Gasteiger partial charge in [0.15, 0.2) is 0 Å². The Bertz CT molecular complexity index is 1400. The largest absolute Gasteiger partial charge is 0.354 e. The second-order valence-electron chi connectivity index (χ2n) is 9.44. The molecule has 0 unspecified atom stereocenters. The molecule has 1 atom stereocenters. The molecule has 0 radical (unpaired) electrons. The summed E-state index contributed by atoms with van der Waals surface area (Å²) < 4.78 is 28.7. The summed E-state index contributed by atoms with van der Waals surface area (Å²) in [5.74, 6) is -0.866. The van der Waals surface area contributed by atoms with Crippen LogP contribution >= 0.6 is 23.2 Å². The van der Waals surface area contributed by atoms with E-state index < -0.39 is 28.5 Å². The molecule has 2 amide bonds. The zero-order chi connectivity index (χ0) is 29.3. The number of hydrogen-bond donors (Lipinski definition) is 1. The first kappa shape index (κ1) is 31.5. The molecular weight excluding hydrogens is 569 g/mol. The number of amides is 2. The monoisotopic (exact) mass is 603 g/mol. The molecule has 214 valence electrons. The minimum atomic E-state index is -4.10. The molecule has 7 nitrogen and oxygen atoms in total. The summed E-state index contributed by atoms with van der Waals surface area (Å²) in [6, 6.07) is 19.1. The molecular formula is C30H35Cl2N3O4S. The summed E-state index contributed by atoms with van der Waals surface area (Å²) in [7, 11) is -4.10. The van der Waals surface area contributed by atoms with Crippen LogP contribution in [-0.4, -0.2) is 44.3 Å². The van der Waals surface area contributed by atoms with Crippen molar-refractivity contribution in [1.29, 1.82) is 0 Å². The Hall–Kier alpha value is -3.07. The molecule has 0 spiro atoms. The Morgan fingerprint density at radius 1 is 0.900 bits per heavy atom. The highest BCUT2D eigenvalue weighted by molar-refractivity contribution is 7.92. The van der Waals surface area contributed by atoms with Gasteiger partial charge < -0.3 is 10.2 Å². The predicted octanol–water partition coefficient (Wildman–Crippen LogP) is 6.08. The number of aryl methyl sites for hydroxylation is 1. The lowest BCUT2D eigenvalue weighted by molar-refractivity contribution is -0.139. The van der Waals surface area contributed by atoms with Crippen molar-refractivity contribution in [2.75, 3.05) is 17.4 Å². The summed E-state index contributed by atoms with van der Waals surface area (Å²) >= 11 is 12.3. The number of rotatable bonds is 13. The minimum absolute atomic E-state index is 0.0338. The molecule has 0 saturated heterocycles. The molecule has 0 aliphatic heterocycles. The number of sulfonamides is 1. The van der Waals surface area contributed by atoms with Crippen LogP contribution in [0.1, 0.15) is 44.7 Å². The van der Waals surface area contributed by atoms with Crippen molar-refractivity contribution in [2.24, 2.45) is 0 Å². The highest BCUT2D eigenvalue weighted by atomic mass is 35.5. The first-order valence-corrected chi connectivity index (χ1v) is 15.5. The van der Waals surface area contributed by atoms with E-state index >= 15 is 0 Å². The van der Waals surface area contributed by atoms with E-state index in [0.717, 1.165) is 29.1 Å². The molecule has 3 aromatic rings. The lowest BCUT2D eigenvalue weighted by atomic mass is 10.1. The Morgan fingerprint density at radius 3 is 2.15 bits per heavy atom. The summed E-state index contributed by atoms with van der Waals surface area (Å²) in [6.45, 7) is 5.66. The van der Waals surface area contributed by atoms with Crippen LogP contribution in [0.25, 0.3) is 0 Å². The molecule has 3 aromatic carbocycles. The first-order chi connectivity index (χ1) is 19.1. The van der Waals surface area contributed by atoms with E-state index in [2.05, 4.69) is 5.32 Å². The fourth-order valence-electron chi connectivity index (χ4n) is 4.10. The normalized spacial score (nSPS) is 12.0. The van der Waals surface area contributed by atoms with E-state index in [0.29, 0.717) is 27.8 Å². The third-order valence-corrected chi connectivity index (χ3v) is 9.10. The van der Waals surface area contributed by atoms with Crippen LogP contribution in [0, 0.1) is 0 Å². The standard InChI is InChI=1S/C30H35Cl2N3O4S/c1-4-6-18-33-30(37)22(3)34(20-24-14-17-27(31)28(32)19-24)29(36)21-35(25-15-12-23(5-2)13-16-25)40(38,39)26-10-8-7-9-11-26/h7-17,19,22H,4-6,18,20-21H2,1-3H3,(H,33,37)/t22-/m1/s1. The number of carbonyl (C=O) groups is 2. The number of hydrogen-bond acceptors (Lipinski definition) is 4. The maximum atomic E-state index is 13.9. The van der Waals surface area contributed by atoms with E-state index in [1.165, 1.54) is 17.0 Å². The number of anilines is 1. The fourth-order valence-corrected chi connectivity index (χ4v) is 5.86. The summed E-state index contributed by atoms with van der Waals surface area (Å²) in [5.41, 5.74) is 2.04. The molecule has 0 bridgehead atoms. The third kappa shape index (κ3) is 7.99. The van der Waals surface area contributed by atoms with E-state index in [1.807, 2.05) is 26.0 Å². The van der Waals surface area contributed by atoms with Crippen molar-refractivity contribution >= 4 is 50.7 Å². The van der Waals surface area contributed by atoms with Crippen molar-refractivity contribution in [1.82, 2.24) is 10.2 Å². The molecule has 0 aromatic heterocycles. The molecule has 0 heterocycles. The van der Waals surface area contributed by atoms with Crippen molar-refractivity contribution < 1.29 is 18.0 Å². The van der Waals surface area contributed by atoms with Gasteiger partial charge in [0.2, 0.25) is 11.8 Å². The highest BCUT2D eigenvalue weighted by Gasteiger charge is 2.32. The van der Waals surface area contributed by atoms with Crippen LogP contribution in [0.5, 0.6) is 0 Å². The van der Waals surface area contributed by atoms with Gasteiger partial charge in [0, 0.05) is 13.1 Å². The number of benzene rings is 3. The van der Waals surface area contributed by atoms with Crippen LogP contribution in [0.2, 0.25) is 10.0 Å². The zero-order valence-corrected chi connectivity index (χ0v) is 25.3. The molecule has 0 fully saturated rings. The smallest absolute Gasteiger partial charge is 0.264 e. The van der Waals surface area contributed by atoms with Crippen LogP contribution in [-0.2, 0) is 32.6 Å². The maximum absolute atomic E-state index is 13.9. The van der Waals surface area contributed by atoms with Crippen LogP contribution in [0.4, 0.5) is 5.69 Å². The SMILES string of the molecule is CCCCNC(=O)[C@@H](C)N(Cc1ccc(Cl)c(Cl)c1)C(=O)CN(c1ccc(CC)cc1)S(=O)(=O)c1ccccc1. The Balaban J connectivity index is 2.00. The first-order valence-electron chi connectivity index (χ1n) is 13.3. The predicted molar refractivity (Wildman–Crippen MR) is 161 cm³/mol. The van der Waals surface area contributed by atoms with E-state index in [4.69, 9.17) is 23.2 Å². The Kier molecular flexibility index (Phi) is 11.4. The van der Waals surface area contributed by atoms with Crippen molar-refractivity contribution in [3.63, 3.8) is 0 Å². The van der Waals surface area contributed by atoms with Crippen LogP contribution in [0.15, 0.2) is 77.7 Å². The average Bonchev–Trinajstić information content (AvgIpc) is 2.96. The average molecular weight is 605 g/mol. The van der Waals surface area contributed by atoms with Gasteiger partial charge in [0.05, 0.1) is 20.6 Å². The number of carbonyl (C=O) groups excluding carboxylic acids is 2. The number of unbranched alkanes of at least 4 members (excludes halogenated alkanes) is 1. The molecule has 0 aliphatic carbocycles. The van der Waals surface area contributed by atoms with Crippen LogP contribution in [0.3, 0.4) is 0 Å². The van der Waals surface area contributed by atoms with Gasteiger partial charge in [0.25, 0.3) is 10.0 Å². The van der Waals surface area contributed by atoms with Gasteiger partial charge in [-0.1, -0.05) is 79.9 Å². The number of halogens is 2. The van der Waals surface area contributed by atoms with Gasteiger partial charge in [-0.25, -0.2) is 8.42 Å². The molecule has 1 N–H and O–H groups in total. The van der Waals surface area contributed by atoms with Gasteiger partial charge in [-0.15, -0.1) is 0 Å². The maximum Gasteiger partial charge on any atom is 0.264 e. The Morgan fingerprint density at radius 2 is 1.55 bits per heavy atom. The second kappa shape index (κ2) is 14.5. The van der Waals surface area contributed by atoms with E-state index in [-0.39, 0.29) is 17.3 Å². The van der Waals surface area contributed by atoms with Gasteiger partial charge in [-0.3, -0.25) is 13.9 Å². The van der Waals surface area contributed by atoms with E-state index in [9.17, 15) is 18.0 Å². The topological polar surface area (TPSA) is 86.8 Å². The highest BCUT2D eigenvalue weighted by Crippen LogP contribution is 2.26. The molecule has 10 heteroatoms. The summed E-state index contributed by atoms with van der Waals surface area (Å²) in [6.07, 6.45) is 2.49. The van der Waals surface area contributed by atoms with Gasteiger partial charge in [-0.05, 0) is 67.3 Å². The Labute approximate surface area is 247 Å². The molecule has 40 heavy (non-hydrogen) atoms. The fraction of sp³-hybridized carbons (Fsp3) is 0.333. The summed E-state index contributed by atoms with van der Waals surface area (Å²) in [4.78, 5) is 28.4. The molecule has 0 saturated carbocycles. The van der Waals surface area contributed by atoms with Crippen molar-refractivity contribution in [2.45, 2.75) is 57.5 Å².